The SMILES string of the molecule is Cc1cccc(C(=O)N2CCn3c(nnc3[C@@H]3C[C@@H](O)CN3Cc3ccccc3)C2)c1. The Bertz CT molecular complexity index is 1080. The number of benzene rings is 2. The van der Waals surface area contributed by atoms with Gasteiger partial charge in [0.15, 0.2) is 11.6 Å². The van der Waals surface area contributed by atoms with Crippen molar-refractivity contribution >= 4 is 5.91 Å². The summed E-state index contributed by atoms with van der Waals surface area (Å²) in [5, 5.41) is 19.3. The van der Waals surface area contributed by atoms with Gasteiger partial charge in [0.1, 0.15) is 0 Å². The number of aryl methyl sites for hydroxylation is 1. The molecule has 0 bridgehead atoms. The molecule has 0 aliphatic carbocycles. The molecule has 0 unspecified atom stereocenters. The van der Waals surface area contributed by atoms with Gasteiger partial charge in [0.2, 0.25) is 0 Å². The van der Waals surface area contributed by atoms with Crippen molar-refractivity contribution in [3.05, 3.63) is 82.9 Å². The number of hydrogen-bond acceptors (Lipinski definition) is 5. The highest BCUT2D eigenvalue weighted by Crippen LogP contribution is 2.33. The van der Waals surface area contributed by atoms with Crippen LogP contribution in [-0.4, -0.2) is 54.8 Å². The summed E-state index contributed by atoms with van der Waals surface area (Å²) in [5.41, 5.74) is 3.00. The normalized spacial score (nSPS) is 21.3. The quantitative estimate of drug-likeness (QED) is 0.706. The Labute approximate surface area is 181 Å². The number of β-amino-alcohol motifs (C(OH)–C–C–N with tert-alkyl or cyclic N) is 1. The summed E-state index contributed by atoms with van der Waals surface area (Å²) < 4.78 is 2.14. The number of fused-ring (bicyclic) bond motifs is 1. The van der Waals surface area contributed by atoms with Crippen LogP contribution in [0.4, 0.5) is 0 Å². The predicted molar refractivity (Wildman–Crippen MR) is 116 cm³/mol. The van der Waals surface area contributed by atoms with Crippen LogP contribution in [0.2, 0.25) is 0 Å². The molecule has 2 atom stereocenters. The Morgan fingerprint density at radius 1 is 1.10 bits per heavy atom. The van der Waals surface area contributed by atoms with E-state index in [-0.39, 0.29) is 18.1 Å². The van der Waals surface area contributed by atoms with Gasteiger partial charge in [-0.1, -0.05) is 48.0 Å². The summed E-state index contributed by atoms with van der Waals surface area (Å²) in [4.78, 5) is 17.1. The van der Waals surface area contributed by atoms with Gasteiger partial charge in [-0.15, -0.1) is 10.2 Å². The predicted octanol–water partition coefficient (Wildman–Crippen LogP) is 2.55. The van der Waals surface area contributed by atoms with Crippen LogP contribution in [0.3, 0.4) is 0 Å². The van der Waals surface area contributed by atoms with Gasteiger partial charge in [-0.2, -0.15) is 0 Å². The lowest BCUT2D eigenvalue weighted by atomic mass is 10.1. The van der Waals surface area contributed by atoms with Crippen LogP contribution in [0.1, 0.15) is 45.6 Å². The summed E-state index contributed by atoms with van der Waals surface area (Å²) in [6, 6.07) is 18.0. The molecule has 7 heteroatoms. The average Bonchev–Trinajstić information content (AvgIpc) is 3.36. The fourth-order valence-electron chi connectivity index (χ4n) is 4.70. The monoisotopic (exact) mass is 417 g/mol. The molecule has 7 nitrogen and oxygen atoms in total. The maximum absolute atomic E-state index is 13.0. The molecule has 0 radical (unpaired) electrons. The molecular weight excluding hydrogens is 390 g/mol. The van der Waals surface area contributed by atoms with Crippen LogP contribution in [0.25, 0.3) is 0 Å². The maximum atomic E-state index is 13.0. The second-order valence-electron chi connectivity index (χ2n) is 8.54. The van der Waals surface area contributed by atoms with Gasteiger partial charge in [0.25, 0.3) is 5.91 Å². The van der Waals surface area contributed by atoms with Crippen LogP contribution >= 0.6 is 0 Å². The molecule has 3 aromatic rings. The zero-order chi connectivity index (χ0) is 21.4. The number of rotatable bonds is 4. The molecule has 0 saturated carbocycles. The molecular formula is C24H27N5O2. The molecule has 3 heterocycles. The second kappa shape index (κ2) is 8.24. The topological polar surface area (TPSA) is 74.5 Å². The first-order chi connectivity index (χ1) is 15.1. The summed E-state index contributed by atoms with van der Waals surface area (Å²) in [5.74, 6) is 1.73. The highest BCUT2D eigenvalue weighted by Gasteiger charge is 2.37. The van der Waals surface area contributed by atoms with Gasteiger partial charge in [-0.05, 0) is 31.0 Å². The van der Waals surface area contributed by atoms with Crippen molar-refractivity contribution in [1.82, 2.24) is 24.6 Å². The molecule has 2 aromatic carbocycles. The van der Waals surface area contributed by atoms with Crippen LogP contribution < -0.4 is 0 Å². The van der Waals surface area contributed by atoms with E-state index in [4.69, 9.17) is 0 Å². The Hall–Kier alpha value is -3.03. The zero-order valence-electron chi connectivity index (χ0n) is 17.7. The van der Waals surface area contributed by atoms with Gasteiger partial charge in [0, 0.05) is 31.7 Å². The molecule has 1 amide bonds. The third kappa shape index (κ3) is 3.98. The van der Waals surface area contributed by atoms with Gasteiger partial charge >= 0.3 is 0 Å². The Kier molecular flexibility index (Phi) is 5.29. The van der Waals surface area contributed by atoms with Crippen molar-refractivity contribution in [2.75, 3.05) is 13.1 Å². The lowest BCUT2D eigenvalue weighted by Gasteiger charge is -2.30. The van der Waals surface area contributed by atoms with Crippen molar-refractivity contribution in [3.8, 4) is 0 Å². The number of likely N-dealkylation sites (tertiary alicyclic amines) is 1. The summed E-state index contributed by atoms with van der Waals surface area (Å²) in [7, 11) is 0. The molecule has 0 spiro atoms. The summed E-state index contributed by atoms with van der Waals surface area (Å²) >= 11 is 0. The van der Waals surface area contributed by atoms with Gasteiger partial charge in [-0.25, -0.2) is 0 Å². The summed E-state index contributed by atoms with van der Waals surface area (Å²) in [6.07, 6.45) is 0.279. The average molecular weight is 418 g/mol. The van der Waals surface area contributed by atoms with E-state index in [9.17, 15) is 9.90 Å². The fourth-order valence-corrected chi connectivity index (χ4v) is 4.70. The zero-order valence-corrected chi connectivity index (χ0v) is 17.7. The van der Waals surface area contributed by atoms with E-state index in [2.05, 4.69) is 31.8 Å². The van der Waals surface area contributed by atoms with Crippen LogP contribution in [0.5, 0.6) is 0 Å². The van der Waals surface area contributed by atoms with E-state index in [1.54, 1.807) is 0 Å². The van der Waals surface area contributed by atoms with Crippen molar-refractivity contribution in [2.45, 2.75) is 45.1 Å². The number of hydrogen-bond donors (Lipinski definition) is 1. The number of aliphatic hydroxyl groups excluding tert-OH is 1. The summed E-state index contributed by atoms with van der Waals surface area (Å²) in [6.45, 7) is 5.13. The van der Waals surface area contributed by atoms with Gasteiger partial charge in [-0.3, -0.25) is 9.69 Å². The maximum Gasteiger partial charge on any atom is 0.254 e. The third-order valence-corrected chi connectivity index (χ3v) is 6.24. The lowest BCUT2D eigenvalue weighted by Crippen LogP contribution is -2.39. The number of aliphatic hydroxyl groups is 1. The lowest BCUT2D eigenvalue weighted by molar-refractivity contribution is 0.0704. The van der Waals surface area contributed by atoms with Crippen molar-refractivity contribution in [3.63, 3.8) is 0 Å². The Balaban J connectivity index is 1.35. The molecule has 31 heavy (non-hydrogen) atoms. The smallest absolute Gasteiger partial charge is 0.254 e. The number of carbonyl (C=O) groups is 1. The largest absolute Gasteiger partial charge is 0.392 e. The highest BCUT2D eigenvalue weighted by atomic mass is 16.3. The van der Waals surface area contributed by atoms with E-state index >= 15 is 0 Å². The minimum atomic E-state index is -0.371. The van der Waals surface area contributed by atoms with E-state index in [1.807, 2.05) is 54.3 Å². The van der Waals surface area contributed by atoms with Crippen molar-refractivity contribution in [2.24, 2.45) is 0 Å². The van der Waals surface area contributed by atoms with E-state index in [0.717, 1.165) is 23.8 Å². The molecule has 2 aliphatic heterocycles. The van der Waals surface area contributed by atoms with E-state index < -0.39 is 0 Å². The number of nitrogens with zero attached hydrogens (tertiary/aromatic N) is 5. The van der Waals surface area contributed by atoms with Crippen LogP contribution in [0.15, 0.2) is 54.6 Å². The van der Waals surface area contributed by atoms with Crippen LogP contribution in [-0.2, 0) is 19.6 Å². The molecule has 1 fully saturated rings. The molecule has 1 aromatic heterocycles. The van der Waals surface area contributed by atoms with Crippen molar-refractivity contribution in [1.29, 1.82) is 0 Å². The minimum absolute atomic E-state index is 0.0236. The molecule has 2 aliphatic rings. The number of amides is 1. The first kappa shape index (κ1) is 19.9. The highest BCUT2D eigenvalue weighted by molar-refractivity contribution is 5.94. The standard InChI is InChI=1S/C24H27N5O2/c1-17-6-5-9-19(12-17)24(31)27-10-11-29-22(16-27)25-26-23(29)21-13-20(30)15-28(21)14-18-7-3-2-4-8-18/h2-9,12,20-21,30H,10-11,13-16H2,1H3/t20-,21+/m1/s1. The Morgan fingerprint density at radius 2 is 1.94 bits per heavy atom. The van der Waals surface area contributed by atoms with Gasteiger partial charge < -0.3 is 14.6 Å². The minimum Gasteiger partial charge on any atom is -0.392 e. The van der Waals surface area contributed by atoms with E-state index in [1.165, 1.54) is 5.56 Å². The molecule has 5 rings (SSSR count). The van der Waals surface area contributed by atoms with Crippen LogP contribution in [0, 0.1) is 6.92 Å². The first-order valence-corrected chi connectivity index (χ1v) is 10.8. The van der Waals surface area contributed by atoms with Gasteiger partial charge in [0.05, 0.1) is 18.7 Å². The third-order valence-electron chi connectivity index (χ3n) is 6.24. The molecule has 1 saturated heterocycles. The Morgan fingerprint density at radius 3 is 2.74 bits per heavy atom. The number of aromatic nitrogens is 3. The molecule has 160 valence electrons. The van der Waals surface area contributed by atoms with Crippen molar-refractivity contribution < 1.29 is 9.90 Å². The fraction of sp³-hybridized carbons (Fsp3) is 0.375. The number of carbonyl (C=O) groups excluding carboxylic acids is 1. The second-order valence-corrected chi connectivity index (χ2v) is 8.54. The first-order valence-electron chi connectivity index (χ1n) is 10.8. The molecule has 1 N–H and O–H groups in total. The van der Waals surface area contributed by atoms with E-state index in [0.29, 0.717) is 38.2 Å².